The van der Waals surface area contributed by atoms with Crippen LogP contribution in [0.4, 0.5) is 0 Å². The molecule has 1 aromatic carbocycles. The van der Waals surface area contributed by atoms with Crippen LogP contribution < -0.4 is 0 Å². The Labute approximate surface area is 140 Å². The van der Waals surface area contributed by atoms with E-state index in [0.717, 1.165) is 51.3 Å². The summed E-state index contributed by atoms with van der Waals surface area (Å²) in [6.45, 7) is 9.72. The molecule has 23 heavy (non-hydrogen) atoms. The molecule has 1 aromatic rings. The topological polar surface area (TPSA) is 32.8 Å². The SMILES string of the molecule is COCCN1CCN(C(=O)Cc2ccc(CC(C)C)cc2)CC1. The van der Waals surface area contributed by atoms with Crippen molar-refractivity contribution in [2.75, 3.05) is 46.4 Å². The quantitative estimate of drug-likeness (QED) is 0.773. The second-order valence-corrected chi connectivity index (χ2v) is 6.81. The number of hydrogen-bond donors (Lipinski definition) is 0. The molecule has 0 saturated carbocycles. The standard InChI is InChI=1S/C19H30N2O2/c1-16(2)14-17-4-6-18(7-5-17)15-19(22)21-10-8-20(9-11-21)12-13-23-3/h4-7,16H,8-15H2,1-3H3. The van der Waals surface area contributed by atoms with Crippen molar-refractivity contribution in [1.29, 1.82) is 0 Å². The summed E-state index contributed by atoms with van der Waals surface area (Å²) in [5.41, 5.74) is 2.47. The molecule has 1 heterocycles. The number of benzene rings is 1. The first-order valence-corrected chi connectivity index (χ1v) is 8.65. The van der Waals surface area contributed by atoms with E-state index in [-0.39, 0.29) is 5.91 Å². The predicted molar refractivity (Wildman–Crippen MR) is 93.6 cm³/mol. The van der Waals surface area contributed by atoms with Gasteiger partial charge in [0, 0.05) is 39.8 Å². The molecular weight excluding hydrogens is 288 g/mol. The fraction of sp³-hybridized carbons (Fsp3) is 0.632. The van der Waals surface area contributed by atoms with E-state index in [9.17, 15) is 4.79 Å². The lowest BCUT2D eigenvalue weighted by atomic mass is 10.0. The third kappa shape index (κ3) is 5.96. The average Bonchev–Trinajstić information content (AvgIpc) is 2.54. The Morgan fingerprint density at radius 1 is 1.09 bits per heavy atom. The van der Waals surface area contributed by atoms with Gasteiger partial charge in [-0.3, -0.25) is 9.69 Å². The number of piperazine rings is 1. The van der Waals surface area contributed by atoms with Crippen LogP contribution in [-0.4, -0.2) is 62.1 Å². The van der Waals surface area contributed by atoms with Gasteiger partial charge in [-0.25, -0.2) is 0 Å². The van der Waals surface area contributed by atoms with Crippen LogP contribution in [0.2, 0.25) is 0 Å². The molecule has 2 rings (SSSR count). The Kier molecular flexibility index (Phi) is 7.06. The van der Waals surface area contributed by atoms with Gasteiger partial charge in [-0.2, -0.15) is 0 Å². The van der Waals surface area contributed by atoms with Crippen molar-refractivity contribution < 1.29 is 9.53 Å². The Balaban J connectivity index is 1.78. The third-order valence-corrected chi connectivity index (χ3v) is 4.36. The van der Waals surface area contributed by atoms with Gasteiger partial charge in [0.05, 0.1) is 13.0 Å². The van der Waals surface area contributed by atoms with Gasteiger partial charge in [0.15, 0.2) is 0 Å². The fourth-order valence-corrected chi connectivity index (χ4v) is 2.99. The second-order valence-electron chi connectivity index (χ2n) is 6.81. The minimum absolute atomic E-state index is 0.244. The summed E-state index contributed by atoms with van der Waals surface area (Å²) < 4.78 is 5.11. The molecule has 0 unspecified atom stereocenters. The molecule has 0 aliphatic carbocycles. The summed E-state index contributed by atoms with van der Waals surface area (Å²) in [4.78, 5) is 16.8. The first-order chi connectivity index (χ1) is 11.1. The maximum absolute atomic E-state index is 12.4. The Hall–Kier alpha value is -1.39. The van der Waals surface area contributed by atoms with Gasteiger partial charge < -0.3 is 9.64 Å². The van der Waals surface area contributed by atoms with E-state index in [1.807, 2.05) is 4.90 Å². The van der Waals surface area contributed by atoms with Gasteiger partial charge in [0.25, 0.3) is 0 Å². The van der Waals surface area contributed by atoms with Gasteiger partial charge in [-0.15, -0.1) is 0 Å². The molecule has 1 fully saturated rings. The molecule has 4 heteroatoms. The summed E-state index contributed by atoms with van der Waals surface area (Å²) >= 11 is 0. The number of ether oxygens (including phenoxy) is 1. The molecule has 0 aromatic heterocycles. The maximum atomic E-state index is 12.4. The second kappa shape index (κ2) is 9.04. The number of carbonyl (C=O) groups excluding carboxylic acids is 1. The van der Waals surface area contributed by atoms with Gasteiger partial charge in [0.2, 0.25) is 5.91 Å². The Morgan fingerprint density at radius 2 is 1.70 bits per heavy atom. The highest BCUT2D eigenvalue weighted by atomic mass is 16.5. The highest BCUT2D eigenvalue weighted by Crippen LogP contribution is 2.12. The molecule has 0 radical (unpaired) electrons. The van der Waals surface area contributed by atoms with Crippen molar-refractivity contribution in [3.63, 3.8) is 0 Å². The van der Waals surface area contributed by atoms with Crippen LogP contribution in [-0.2, 0) is 22.4 Å². The summed E-state index contributed by atoms with van der Waals surface area (Å²) in [5, 5.41) is 0. The van der Waals surface area contributed by atoms with E-state index in [1.165, 1.54) is 5.56 Å². The monoisotopic (exact) mass is 318 g/mol. The van der Waals surface area contributed by atoms with Crippen LogP contribution in [0, 0.1) is 5.92 Å². The van der Waals surface area contributed by atoms with Crippen molar-refractivity contribution in [3.05, 3.63) is 35.4 Å². The molecule has 128 valence electrons. The van der Waals surface area contributed by atoms with Crippen LogP contribution in [0.15, 0.2) is 24.3 Å². The molecule has 1 aliphatic heterocycles. The number of carbonyl (C=O) groups is 1. The minimum atomic E-state index is 0.244. The molecule has 1 amide bonds. The van der Waals surface area contributed by atoms with Crippen LogP contribution in [0.1, 0.15) is 25.0 Å². The molecule has 4 nitrogen and oxygen atoms in total. The minimum Gasteiger partial charge on any atom is -0.383 e. The van der Waals surface area contributed by atoms with E-state index in [1.54, 1.807) is 7.11 Å². The highest BCUT2D eigenvalue weighted by Gasteiger charge is 2.20. The van der Waals surface area contributed by atoms with E-state index < -0.39 is 0 Å². The highest BCUT2D eigenvalue weighted by molar-refractivity contribution is 5.78. The molecule has 1 aliphatic rings. The Bertz CT molecular complexity index is 477. The molecule has 0 spiro atoms. The summed E-state index contributed by atoms with van der Waals surface area (Å²) in [6, 6.07) is 8.52. The molecular formula is C19H30N2O2. The zero-order valence-corrected chi connectivity index (χ0v) is 14.8. The number of nitrogens with zero attached hydrogens (tertiary/aromatic N) is 2. The molecule has 0 bridgehead atoms. The van der Waals surface area contributed by atoms with Gasteiger partial charge >= 0.3 is 0 Å². The summed E-state index contributed by atoms with van der Waals surface area (Å²) in [7, 11) is 1.73. The first kappa shape index (κ1) is 18.0. The lowest BCUT2D eigenvalue weighted by molar-refractivity contribution is -0.132. The van der Waals surface area contributed by atoms with E-state index in [0.29, 0.717) is 12.3 Å². The maximum Gasteiger partial charge on any atom is 0.227 e. The van der Waals surface area contributed by atoms with Crippen molar-refractivity contribution >= 4 is 5.91 Å². The van der Waals surface area contributed by atoms with Crippen molar-refractivity contribution in [3.8, 4) is 0 Å². The Morgan fingerprint density at radius 3 is 2.26 bits per heavy atom. The van der Waals surface area contributed by atoms with Crippen LogP contribution in [0.25, 0.3) is 0 Å². The average molecular weight is 318 g/mol. The van der Waals surface area contributed by atoms with E-state index >= 15 is 0 Å². The van der Waals surface area contributed by atoms with Gasteiger partial charge in [-0.1, -0.05) is 38.1 Å². The van der Waals surface area contributed by atoms with Crippen LogP contribution in [0.5, 0.6) is 0 Å². The summed E-state index contributed by atoms with van der Waals surface area (Å²) in [6.07, 6.45) is 1.61. The lowest BCUT2D eigenvalue weighted by Crippen LogP contribution is -2.49. The van der Waals surface area contributed by atoms with E-state index in [2.05, 4.69) is 43.0 Å². The smallest absolute Gasteiger partial charge is 0.227 e. The number of amides is 1. The summed E-state index contributed by atoms with van der Waals surface area (Å²) in [5.74, 6) is 0.907. The molecule has 0 atom stereocenters. The molecule has 0 N–H and O–H groups in total. The van der Waals surface area contributed by atoms with Gasteiger partial charge in [0.1, 0.15) is 0 Å². The first-order valence-electron chi connectivity index (χ1n) is 8.65. The fourth-order valence-electron chi connectivity index (χ4n) is 2.99. The predicted octanol–water partition coefficient (Wildman–Crippen LogP) is 2.22. The van der Waals surface area contributed by atoms with Crippen molar-refractivity contribution in [2.45, 2.75) is 26.7 Å². The zero-order valence-electron chi connectivity index (χ0n) is 14.8. The lowest BCUT2D eigenvalue weighted by Gasteiger charge is -2.34. The van der Waals surface area contributed by atoms with Crippen molar-refractivity contribution in [1.82, 2.24) is 9.80 Å². The third-order valence-electron chi connectivity index (χ3n) is 4.36. The number of methoxy groups -OCH3 is 1. The zero-order chi connectivity index (χ0) is 16.7. The number of rotatable bonds is 7. The normalized spacial score (nSPS) is 16.1. The largest absolute Gasteiger partial charge is 0.383 e. The molecule has 1 saturated heterocycles. The van der Waals surface area contributed by atoms with Crippen LogP contribution in [0.3, 0.4) is 0 Å². The van der Waals surface area contributed by atoms with Crippen molar-refractivity contribution in [2.24, 2.45) is 5.92 Å². The van der Waals surface area contributed by atoms with Gasteiger partial charge in [-0.05, 0) is 23.5 Å². The van der Waals surface area contributed by atoms with E-state index in [4.69, 9.17) is 4.74 Å². The van der Waals surface area contributed by atoms with Crippen LogP contribution >= 0.6 is 0 Å². The number of hydrogen-bond acceptors (Lipinski definition) is 3.